The van der Waals surface area contributed by atoms with Crippen LogP contribution in [0.15, 0.2) is 48.5 Å². The smallest absolute Gasteiger partial charge is 0.166 e. The van der Waals surface area contributed by atoms with E-state index in [0.717, 1.165) is 29.7 Å². The third-order valence-corrected chi connectivity index (χ3v) is 4.31. The predicted molar refractivity (Wildman–Crippen MR) is 84.0 cm³/mol. The molecular formula is C19H20O2. The number of methoxy groups -OCH3 is 1. The molecule has 2 unspecified atom stereocenters. The largest absolute Gasteiger partial charge is 0.496 e. The van der Waals surface area contributed by atoms with E-state index in [1.54, 1.807) is 7.11 Å². The van der Waals surface area contributed by atoms with E-state index in [2.05, 4.69) is 13.0 Å². The Hall–Kier alpha value is -2.09. The summed E-state index contributed by atoms with van der Waals surface area (Å²) >= 11 is 0. The highest BCUT2D eigenvalue weighted by molar-refractivity contribution is 6.00. The highest BCUT2D eigenvalue weighted by Crippen LogP contribution is 2.51. The minimum absolute atomic E-state index is 0.105. The fraction of sp³-hybridized carbons (Fsp3) is 0.316. The van der Waals surface area contributed by atoms with Gasteiger partial charge in [0, 0.05) is 11.5 Å². The summed E-state index contributed by atoms with van der Waals surface area (Å²) in [5.74, 6) is 1.56. The Bertz CT molecular complexity index is 643. The summed E-state index contributed by atoms with van der Waals surface area (Å²) in [7, 11) is 1.68. The van der Waals surface area contributed by atoms with Crippen molar-refractivity contribution >= 4 is 5.78 Å². The van der Waals surface area contributed by atoms with Crippen molar-refractivity contribution in [2.24, 2.45) is 5.92 Å². The summed E-state index contributed by atoms with van der Waals surface area (Å²) in [5, 5.41) is 0. The van der Waals surface area contributed by atoms with Gasteiger partial charge in [-0.1, -0.05) is 49.4 Å². The number of Topliss-reactive ketones (excluding diaryl/α,β-unsaturated/α-hetero) is 1. The fourth-order valence-corrected chi connectivity index (χ4v) is 2.92. The molecule has 2 aromatic carbocycles. The number of carbonyl (C=O) groups is 1. The lowest BCUT2D eigenvalue weighted by Crippen LogP contribution is -2.03. The molecule has 0 N–H and O–H groups in total. The van der Waals surface area contributed by atoms with Crippen LogP contribution in [0.3, 0.4) is 0 Å². The molecule has 0 heterocycles. The number of hydrogen-bond acceptors (Lipinski definition) is 2. The van der Waals surface area contributed by atoms with Gasteiger partial charge in [0.15, 0.2) is 5.78 Å². The summed E-state index contributed by atoms with van der Waals surface area (Å²) < 4.78 is 5.40. The maximum absolute atomic E-state index is 12.5. The topological polar surface area (TPSA) is 26.3 Å². The molecule has 1 aliphatic carbocycles. The van der Waals surface area contributed by atoms with E-state index >= 15 is 0 Å². The van der Waals surface area contributed by atoms with Crippen LogP contribution in [0.25, 0.3) is 0 Å². The first-order valence-corrected chi connectivity index (χ1v) is 7.50. The molecule has 2 atom stereocenters. The van der Waals surface area contributed by atoms with Crippen molar-refractivity contribution in [2.75, 3.05) is 7.11 Å². The summed E-state index contributed by atoms with van der Waals surface area (Å²) in [5.41, 5.74) is 3.25. The van der Waals surface area contributed by atoms with Crippen LogP contribution < -0.4 is 4.74 Å². The molecule has 21 heavy (non-hydrogen) atoms. The Balaban J connectivity index is 1.76. The molecule has 3 rings (SSSR count). The molecule has 2 heteroatoms. The summed E-state index contributed by atoms with van der Waals surface area (Å²) in [4.78, 5) is 12.5. The van der Waals surface area contributed by atoms with E-state index in [-0.39, 0.29) is 11.7 Å². The molecule has 0 aromatic heterocycles. The van der Waals surface area contributed by atoms with Crippen molar-refractivity contribution in [1.82, 2.24) is 0 Å². The lowest BCUT2D eigenvalue weighted by molar-refractivity contribution is 0.0965. The second-order valence-corrected chi connectivity index (χ2v) is 5.61. The first-order chi connectivity index (χ1) is 10.2. The van der Waals surface area contributed by atoms with Crippen LogP contribution in [0.4, 0.5) is 0 Å². The normalized spacial score (nSPS) is 20.1. The monoisotopic (exact) mass is 280 g/mol. The lowest BCUT2D eigenvalue weighted by atomic mass is 10.0. The fourth-order valence-electron chi connectivity index (χ4n) is 2.92. The van der Waals surface area contributed by atoms with Crippen LogP contribution in [0.2, 0.25) is 0 Å². The number of hydrogen-bond donors (Lipinski definition) is 0. The number of benzene rings is 2. The quantitative estimate of drug-likeness (QED) is 0.766. The molecule has 1 saturated carbocycles. The number of para-hydroxylation sites is 1. The van der Waals surface area contributed by atoms with E-state index in [1.807, 2.05) is 42.5 Å². The average Bonchev–Trinajstić information content (AvgIpc) is 3.34. The molecule has 2 nitrogen and oxygen atoms in total. The van der Waals surface area contributed by atoms with Crippen LogP contribution >= 0.6 is 0 Å². The number of ketones is 1. The minimum atomic E-state index is 0.105. The zero-order valence-electron chi connectivity index (χ0n) is 12.5. The van der Waals surface area contributed by atoms with Gasteiger partial charge in [0.2, 0.25) is 0 Å². The van der Waals surface area contributed by atoms with Crippen LogP contribution in [0.5, 0.6) is 5.75 Å². The van der Waals surface area contributed by atoms with Gasteiger partial charge in [0.1, 0.15) is 5.75 Å². The summed E-state index contributed by atoms with van der Waals surface area (Å²) in [6.07, 6.45) is 1.93. The van der Waals surface area contributed by atoms with Gasteiger partial charge >= 0.3 is 0 Å². The van der Waals surface area contributed by atoms with Crippen molar-refractivity contribution in [3.8, 4) is 5.75 Å². The molecule has 0 radical (unpaired) electrons. The van der Waals surface area contributed by atoms with Crippen LogP contribution in [0, 0.1) is 5.92 Å². The highest BCUT2D eigenvalue weighted by atomic mass is 16.5. The second kappa shape index (κ2) is 5.72. The summed E-state index contributed by atoms with van der Waals surface area (Å²) in [6.45, 7) is 2.12. The first-order valence-electron chi connectivity index (χ1n) is 7.50. The Labute approximate surface area is 125 Å². The Kier molecular flexibility index (Phi) is 3.78. The number of carbonyl (C=O) groups excluding carboxylic acids is 1. The molecule has 2 aromatic rings. The van der Waals surface area contributed by atoms with Crippen LogP contribution in [-0.2, 0) is 6.42 Å². The maximum atomic E-state index is 12.5. The zero-order chi connectivity index (χ0) is 14.8. The summed E-state index contributed by atoms with van der Waals surface area (Å²) in [6, 6.07) is 16.0. The van der Waals surface area contributed by atoms with Crippen molar-refractivity contribution in [3.05, 3.63) is 65.2 Å². The van der Waals surface area contributed by atoms with E-state index in [4.69, 9.17) is 4.74 Å². The third-order valence-electron chi connectivity index (χ3n) is 4.31. The first kappa shape index (κ1) is 13.9. The van der Waals surface area contributed by atoms with Crippen molar-refractivity contribution in [3.63, 3.8) is 0 Å². The number of rotatable bonds is 5. The van der Waals surface area contributed by atoms with Gasteiger partial charge in [0.05, 0.1) is 7.11 Å². The van der Waals surface area contributed by atoms with Gasteiger partial charge in [-0.3, -0.25) is 4.79 Å². The number of ether oxygens (including phenoxy) is 1. The average molecular weight is 280 g/mol. The molecule has 0 saturated heterocycles. The van der Waals surface area contributed by atoms with Gasteiger partial charge in [-0.2, -0.15) is 0 Å². The maximum Gasteiger partial charge on any atom is 0.166 e. The van der Waals surface area contributed by atoms with Gasteiger partial charge in [-0.15, -0.1) is 0 Å². The van der Waals surface area contributed by atoms with E-state index in [9.17, 15) is 4.79 Å². The van der Waals surface area contributed by atoms with Crippen molar-refractivity contribution < 1.29 is 9.53 Å². The predicted octanol–water partition coefficient (Wildman–Crippen LogP) is 4.24. The Morgan fingerprint density at radius 1 is 1.14 bits per heavy atom. The van der Waals surface area contributed by atoms with Gasteiger partial charge < -0.3 is 4.74 Å². The van der Waals surface area contributed by atoms with Gasteiger partial charge in [-0.25, -0.2) is 0 Å². The molecule has 1 aliphatic rings. The third kappa shape index (κ3) is 2.71. The van der Waals surface area contributed by atoms with E-state index in [1.165, 1.54) is 5.56 Å². The molecule has 0 aliphatic heterocycles. The Morgan fingerprint density at radius 3 is 2.52 bits per heavy atom. The Morgan fingerprint density at radius 2 is 1.86 bits per heavy atom. The van der Waals surface area contributed by atoms with E-state index < -0.39 is 0 Å². The molecule has 0 spiro atoms. The van der Waals surface area contributed by atoms with E-state index in [0.29, 0.717) is 5.92 Å². The van der Waals surface area contributed by atoms with Gasteiger partial charge in [0.25, 0.3) is 0 Å². The number of aryl methyl sites for hydroxylation is 1. The lowest BCUT2D eigenvalue weighted by Gasteiger charge is -2.07. The van der Waals surface area contributed by atoms with Crippen LogP contribution in [-0.4, -0.2) is 12.9 Å². The SMILES string of the molecule is CCc1ccc(C(=O)C2CC2c2ccccc2OC)cc1. The molecule has 0 bridgehead atoms. The van der Waals surface area contributed by atoms with Gasteiger partial charge in [-0.05, 0) is 36.0 Å². The van der Waals surface area contributed by atoms with Crippen LogP contribution in [0.1, 0.15) is 40.7 Å². The molecular weight excluding hydrogens is 260 g/mol. The standard InChI is InChI=1S/C19H20O2/c1-3-13-8-10-14(11-9-13)19(20)17-12-16(17)15-6-4-5-7-18(15)21-2/h4-11,16-17H,3,12H2,1-2H3. The zero-order valence-corrected chi connectivity index (χ0v) is 12.5. The van der Waals surface area contributed by atoms with Crippen molar-refractivity contribution in [1.29, 1.82) is 0 Å². The highest BCUT2D eigenvalue weighted by Gasteiger charge is 2.45. The minimum Gasteiger partial charge on any atom is -0.496 e. The molecule has 108 valence electrons. The second-order valence-electron chi connectivity index (χ2n) is 5.61. The molecule has 0 amide bonds. The van der Waals surface area contributed by atoms with Crippen molar-refractivity contribution in [2.45, 2.75) is 25.7 Å². The molecule has 1 fully saturated rings.